The van der Waals surface area contributed by atoms with E-state index in [9.17, 15) is 4.79 Å². The second-order valence-corrected chi connectivity index (χ2v) is 5.53. The van der Waals surface area contributed by atoms with E-state index in [0.29, 0.717) is 37.4 Å². The van der Waals surface area contributed by atoms with Crippen LogP contribution in [0.4, 0.5) is 0 Å². The van der Waals surface area contributed by atoms with Crippen LogP contribution in [0.5, 0.6) is 0 Å². The molecular formula is C13H23N5O2. The van der Waals surface area contributed by atoms with Gasteiger partial charge in [-0.15, -0.1) is 5.10 Å². The molecule has 1 amide bonds. The number of aromatic nitrogens is 3. The summed E-state index contributed by atoms with van der Waals surface area (Å²) >= 11 is 0. The number of nitrogens with one attached hydrogen (secondary N) is 1. The molecule has 112 valence electrons. The molecule has 1 aromatic rings. The second-order valence-electron chi connectivity index (χ2n) is 5.53. The summed E-state index contributed by atoms with van der Waals surface area (Å²) < 4.78 is 6.84. The maximum absolute atomic E-state index is 12.5. The first-order chi connectivity index (χ1) is 9.61. The number of carbonyl (C=O) groups excluding carboxylic acids is 1. The van der Waals surface area contributed by atoms with E-state index in [1.54, 1.807) is 22.9 Å². The molecule has 7 nitrogen and oxygen atoms in total. The molecule has 2 heterocycles. The Morgan fingerprint density at radius 2 is 2.35 bits per heavy atom. The Kier molecular flexibility index (Phi) is 5.08. The lowest BCUT2D eigenvalue weighted by Gasteiger charge is -2.26. The summed E-state index contributed by atoms with van der Waals surface area (Å²) in [4.78, 5) is 14.2. The van der Waals surface area contributed by atoms with Crippen molar-refractivity contribution in [3.8, 4) is 0 Å². The van der Waals surface area contributed by atoms with Crippen LogP contribution in [0.15, 0.2) is 6.20 Å². The predicted octanol–water partition coefficient (Wildman–Crippen LogP) is 0.167. The van der Waals surface area contributed by atoms with Gasteiger partial charge in [-0.1, -0.05) is 19.1 Å². The molecular weight excluding hydrogens is 258 g/mol. The van der Waals surface area contributed by atoms with E-state index in [2.05, 4.69) is 29.5 Å². The van der Waals surface area contributed by atoms with Gasteiger partial charge in [-0.2, -0.15) is 0 Å². The van der Waals surface area contributed by atoms with E-state index in [1.165, 1.54) is 0 Å². The van der Waals surface area contributed by atoms with Gasteiger partial charge >= 0.3 is 0 Å². The molecule has 0 radical (unpaired) electrons. The minimum absolute atomic E-state index is 0.0747. The van der Waals surface area contributed by atoms with Crippen molar-refractivity contribution >= 4 is 5.91 Å². The standard InChI is InChI=1S/C13H23N5O2/c1-10(2)8-17(4-5-20-3)13(19)12-9-18(16-15-12)11-6-14-7-11/h9-11,14H,4-8H2,1-3H3. The van der Waals surface area contributed by atoms with E-state index >= 15 is 0 Å². The van der Waals surface area contributed by atoms with Gasteiger partial charge < -0.3 is 15.0 Å². The Bertz CT molecular complexity index is 442. The van der Waals surface area contributed by atoms with Gasteiger partial charge in [-0.3, -0.25) is 4.79 Å². The van der Waals surface area contributed by atoms with Crippen LogP contribution in [0.25, 0.3) is 0 Å². The molecule has 1 aromatic heterocycles. The molecule has 0 saturated carbocycles. The van der Waals surface area contributed by atoms with Gasteiger partial charge in [0.05, 0.1) is 18.8 Å². The Balaban J connectivity index is 2.03. The van der Waals surface area contributed by atoms with Gasteiger partial charge in [0.25, 0.3) is 5.91 Å². The zero-order valence-electron chi connectivity index (χ0n) is 12.4. The fourth-order valence-corrected chi connectivity index (χ4v) is 2.09. The van der Waals surface area contributed by atoms with Crippen LogP contribution in [-0.2, 0) is 4.74 Å². The molecule has 1 saturated heterocycles. The highest BCUT2D eigenvalue weighted by molar-refractivity contribution is 5.91. The number of methoxy groups -OCH3 is 1. The fraction of sp³-hybridized carbons (Fsp3) is 0.769. The number of hydrogen-bond donors (Lipinski definition) is 1. The zero-order chi connectivity index (χ0) is 14.5. The molecule has 1 N–H and O–H groups in total. The average Bonchev–Trinajstić information content (AvgIpc) is 2.80. The van der Waals surface area contributed by atoms with Crippen molar-refractivity contribution < 1.29 is 9.53 Å². The van der Waals surface area contributed by atoms with Crippen molar-refractivity contribution in [1.82, 2.24) is 25.2 Å². The van der Waals surface area contributed by atoms with Crippen LogP contribution in [0.3, 0.4) is 0 Å². The van der Waals surface area contributed by atoms with E-state index in [-0.39, 0.29) is 5.91 Å². The molecule has 0 unspecified atom stereocenters. The maximum atomic E-state index is 12.5. The molecule has 0 aliphatic carbocycles. The predicted molar refractivity (Wildman–Crippen MR) is 74.5 cm³/mol. The summed E-state index contributed by atoms with van der Waals surface area (Å²) in [6.45, 7) is 7.74. The van der Waals surface area contributed by atoms with Crippen LogP contribution in [0.1, 0.15) is 30.4 Å². The lowest BCUT2D eigenvalue weighted by Crippen LogP contribution is -2.43. The SMILES string of the molecule is COCCN(CC(C)C)C(=O)c1cn(C2CNC2)nn1. The van der Waals surface area contributed by atoms with Crippen molar-refractivity contribution in [2.24, 2.45) is 5.92 Å². The molecule has 0 spiro atoms. The van der Waals surface area contributed by atoms with Gasteiger partial charge in [-0.05, 0) is 5.92 Å². The summed E-state index contributed by atoms with van der Waals surface area (Å²) in [6.07, 6.45) is 1.74. The average molecular weight is 281 g/mol. The normalized spacial score (nSPS) is 15.4. The fourth-order valence-electron chi connectivity index (χ4n) is 2.09. The maximum Gasteiger partial charge on any atom is 0.276 e. The Morgan fingerprint density at radius 1 is 1.60 bits per heavy atom. The summed E-state index contributed by atoms with van der Waals surface area (Å²) in [5, 5.41) is 11.2. The Labute approximate surface area is 119 Å². The highest BCUT2D eigenvalue weighted by Gasteiger charge is 2.24. The van der Waals surface area contributed by atoms with E-state index in [1.807, 2.05) is 0 Å². The van der Waals surface area contributed by atoms with Crippen molar-refractivity contribution in [2.45, 2.75) is 19.9 Å². The number of rotatable bonds is 7. The van der Waals surface area contributed by atoms with Crippen molar-refractivity contribution in [3.63, 3.8) is 0 Å². The smallest absolute Gasteiger partial charge is 0.276 e. The van der Waals surface area contributed by atoms with Gasteiger partial charge in [0, 0.05) is 33.3 Å². The monoisotopic (exact) mass is 281 g/mol. The van der Waals surface area contributed by atoms with Crippen molar-refractivity contribution in [2.75, 3.05) is 39.9 Å². The molecule has 1 aliphatic rings. The first-order valence-corrected chi connectivity index (χ1v) is 7.02. The number of carbonyl (C=O) groups is 1. The minimum Gasteiger partial charge on any atom is -0.383 e. The number of hydrogen-bond acceptors (Lipinski definition) is 5. The topological polar surface area (TPSA) is 72.3 Å². The van der Waals surface area contributed by atoms with Crippen molar-refractivity contribution in [3.05, 3.63) is 11.9 Å². The summed E-state index contributed by atoms with van der Waals surface area (Å²) in [5.74, 6) is 0.330. The largest absolute Gasteiger partial charge is 0.383 e. The van der Waals surface area contributed by atoms with Crippen LogP contribution < -0.4 is 5.32 Å². The van der Waals surface area contributed by atoms with Gasteiger partial charge in [0.1, 0.15) is 0 Å². The summed E-state index contributed by atoms with van der Waals surface area (Å²) in [7, 11) is 1.64. The first kappa shape index (κ1) is 14.9. The third-order valence-corrected chi connectivity index (χ3v) is 3.30. The molecule has 2 rings (SSSR count). The minimum atomic E-state index is -0.0747. The van der Waals surface area contributed by atoms with Gasteiger partial charge in [0.2, 0.25) is 0 Å². The van der Waals surface area contributed by atoms with Crippen LogP contribution in [0.2, 0.25) is 0 Å². The lowest BCUT2D eigenvalue weighted by atomic mass is 10.2. The van der Waals surface area contributed by atoms with E-state index < -0.39 is 0 Å². The van der Waals surface area contributed by atoms with Crippen LogP contribution in [-0.4, -0.2) is 65.7 Å². The third kappa shape index (κ3) is 3.55. The quantitative estimate of drug-likeness (QED) is 0.771. The number of nitrogens with zero attached hydrogens (tertiary/aromatic N) is 4. The van der Waals surface area contributed by atoms with Gasteiger partial charge in [0.15, 0.2) is 5.69 Å². The molecule has 0 bridgehead atoms. The second kappa shape index (κ2) is 6.81. The van der Waals surface area contributed by atoms with E-state index in [4.69, 9.17) is 4.74 Å². The summed E-state index contributed by atoms with van der Waals surface area (Å²) in [5.41, 5.74) is 0.411. The molecule has 1 fully saturated rings. The van der Waals surface area contributed by atoms with E-state index in [0.717, 1.165) is 13.1 Å². The van der Waals surface area contributed by atoms with Crippen molar-refractivity contribution in [1.29, 1.82) is 0 Å². The third-order valence-electron chi connectivity index (χ3n) is 3.30. The number of amides is 1. The number of ether oxygens (including phenoxy) is 1. The lowest BCUT2D eigenvalue weighted by molar-refractivity contribution is 0.0666. The summed E-state index contributed by atoms with van der Waals surface area (Å²) in [6, 6.07) is 0.321. The molecule has 1 aliphatic heterocycles. The Hall–Kier alpha value is -1.47. The molecule has 7 heteroatoms. The molecule has 0 atom stereocenters. The molecule has 20 heavy (non-hydrogen) atoms. The highest BCUT2D eigenvalue weighted by atomic mass is 16.5. The van der Waals surface area contributed by atoms with Crippen LogP contribution in [0, 0.1) is 5.92 Å². The molecule has 0 aromatic carbocycles. The highest BCUT2D eigenvalue weighted by Crippen LogP contribution is 2.11. The van der Waals surface area contributed by atoms with Gasteiger partial charge in [-0.25, -0.2) is 4.68 Å². The Morgan fingerprint density at radius 3 is 2.90 bits per heavy atom. The first-order valence-electron chi connectivity index (χ1n) is 7.02. The zero-order valence-corrected chi connectivity index (χ0v) is 12.4. The van der Waals surface area contributed by atoms with Crippen LogP contribution >= 0.6 is 0 Å².